The Kier molecular flexibility index (Phi) is 17.5. The maximum Gasteiger partial charge on any atom is 0.408 e. The Morgan fingerprint density at radius 1 is 0.821 bits per heavy atom. The summed E-state index contributed by atoms with van der Waals surface area (Å²) in [6, 6.07) is 25.5. The normalized spacial score (nSPS) is 10.5. The molecule has 0 aliphatic heterocycles. The Hall–Kier alpha value is -4.21. The van der Waals surface area contributed by atoms with Gasteiger partial charge in [-0.15, -0.1) is 0 Å². The minimum Gasteiger partial charge on any atom is -0.445 e. The number of nitrogens with two attached hydrogens (primary N) is 2. The van der Waals surface area contributed by atoms with Crippen molar-refractivity contribution in [3.8, 4) is 0 Å². The highest BCUT2D eigenvalue weighted by Gasteiger charge is 2.21. The number of anilines is 1. The van der Waals surface area contributed by atoms with Crippen LogP contribution >= 0.6 is 0 Å². The highest BCUT2D eigenvalue weighted by atomic mass is 16.5. The van der Waals surface area contributed by atoms with E-state index in [1.807, 2.05) is 67.5 Å². The number of unbranched alkanes of at least 4 members (excludes halogenated alkanes) is 2. The van der Waals surface area contributed by atoms with Crippen LogP contribution in [-0.4, -0.2) is 43.0 Å². The van der Waals surface area contributed by atoms with E-state index < -0.39 is 12.1 Å². The SMILES string of the molecule is C=O.NCCCCCNC(=O)C(Cc1ccccc1)NC(=O)OCc1ccccc1.Nc1ccc(CO)cc1. The van der Waals surface area contributed by atoms with Gasteiger partial charge in [0.05, 0.1) is 6.61 Å². The minimum atomic E-state index is -0.694. The molecule has 9 heteroatoms. The number of hydrogen-bond acceptors (Lipinski definition) is 7. The molecule has 0 aromatic heterocycles. The molecule has 39 heavy (non-hydrogen) atoms. The number of alkyl carbamates (subject to hydrolysis) is 1. The van der Waals surface area contributed by atoms with Crippen molar-refractivity contribution in [1.29, 1.82) is 0 Å². The Morgan fingerprint density at radius 3 is 1.97 bits per heavy atom. The largest absolute Gasteiger partial charge is 0.445 e. The first-order valence-corrected chi connectivity index (χ1v) is 12.7. The van der Waals surface area contributed by atoms with Crippen molar-refractivity contribution < 1.29 is 24.2 Å². The summed E-state index contributed by atoms with van der Waals surface area (Å²) in [5.41, 5.74) is 14.4. The highest BCUT2D eigenvalue weighted by Crippen LogP contribution is 2.06. The summed E-state index contributed by atoms with van der Waals surface area (Å²) >= 11 is 0. The van der Waals surface area contributed by atoms with E-state index in [2.05, 4.69) is 10.6 Å². The van der Waals surface area contributed by atoms with Gasteiger partial charge in [0.15, 0.2) is 0 Å². The third-order valence-corrected chi connectivity index (χ3v) is 5.45. The number of hydrogen-bond donors (Lipinski definition) is 5. The quantitative estimate of drug-likeness (QED) is 0.175. The predicted octanol–water partition coefficient (Wildman–Crippen LogP) is 3.35. The van der Waals surface area contributed by atoms with Crippen LogP contribution in [0.3, 0.4) is 0 Å². The van der Waals surface area contributed by atoms with Gasteiger partial charge in [0, 0.05) is 18.7 Å². The molecule has 0 heterocycles. The van der Waals surface area contributed by atoms with E-state index in [4.69, 9.17) is 26.1 Å². The standard InChI is InChI=1S/C22H29N3O3.C7H9NO.CH2O/c23-14-8-3-9-15-24-21(26)20(16-18-10-4-1-5-11-18)25-22(27)28-17-19-12-6-2-7-13-19;8-7-3-1-6(5-9)2-4-7;1-2/h1-2,4-7,10-13,20H,3,8-9,14-17,23H2,(H,24,26)(H,25,27);1-4,9H,5,8H2;1H2. The second-order valence-corrected chi connectivity index (χ2v) is 8.49. The third-order valence-electron chi connectivity index (χ3n) is 5.45. The second-order valence-electron chi connectivity index (χ2n) is 8.49. The van der Waals surface area contributed by atoms with Crippen LogP contribution in [0.4, 0.5) is 10.5 Å². The van der Waals surface area contributed by atoms with Gasteiger partial charge in [-0.2, -0.15) is 0 Å². The Bertz CT molecular complexity index is 1050. The van der Waals surface area contributed by atoms with Crippen LogP contribution in [-0.2, 0) is 34.0 Å². The fourth-order valence-electron chi connectivity index (χ4n) is 3.37. The number of rotatable bonds is 12. The fraction of sp³-hybridized carbons (Fsp3) is 0.300. The molecule has 0 bridgehead atoms. The molecule has 0 spiro atoms. The van der Waals surface area contributed by atoms with Gasteiger partial charge in [-0.05, 0) is 48.2 Å². The molecular weight excluding hydrogens is 496 g/mol. The van der Waals surface area contributed by atoms with Gasteiger partial charge in [-0.3, -0.25) is 4.79 Å². The van der Waals surface area contributed by atoms with Crippen LogP contribution in [0.15, 0.2) is 84.9 Å². The number of carbonyl (C=O) groups excluding carboxylic acids is 3. The van der Waals surface area contributed by atoms with E-state index in [0.29, 0.717) is 19.5 Å². The first-order valence-electron chi connectivity index (χ1n) is 12.7. The van der Waals surface area contributed by atoms with Gasteiger partial charge < -0.3 is 36.7 Å². The number of aliphatic hydroxyl groups excluding tert-OH is 1. The Morgan fingerprint density at radius 2 is 1.41 bits per heavy atom. The van der Waals surface area contributed by atoms with E-state index in [1.54, 1.807) is 24.3 Å². The lowest BCUT2D eigenvalue weighted by atomic mass is 10.1. The lowest BCUT2D eigenvalue weighted by Gasteiger charge is -2.18. The minimum absolute atomic E-state index is 0.0836. The van der Waals surface area contributed by atoms with Crippen molar-refractivity contribution in [2.45, 2.75) is 44.9 Å². The highest BCUT2D eigenvalue weighted by molar-refractivity contribution is 5.85. The lowest BCUT2D eigenvalue weighted by Crippen LogP contribution is -2.48. The average molecular weight is 537 g/mol. The van der Waals surface area contributed by atoms with Crippen molar-refractivity contribution in [3.63, 3.8) is 0 Å². The Balaban J connectivity index is 0.000000578. The van der Waals surface area contributed by atoms with Crippen LogP contribution in [0, 0.1) is 0 Å². The van der Waals surface area contributed by atoms with E-state index in [-0.39, 0.29) is 19.1 Å². The number of benzene rings is 3. The number of nitrogen functional groups attached to an aromatic ring is 1. The zero-order valence-corrected chi connectivity index (χ0v) is 22.3. The van der Waals surface area contributed by atoms with Gasteiger partial charge in [0.25, 0.3) is 0 Å². The molecule has 3 aromatic rings. The van der Waals surface area contributed by atoms with Crippen LogP contribution in [0.1, 0.15) is 36.0 Å². The summed E-state index contributed by atoms with van der Waals surface area (Å²) < 4.78 is 5.26. The van der Waals surface area contributed by atoms with Gasteiger partial charge >= 0.3 is 6.09 Å². The lowest BCUT2D eigenvalue weighted by molar-refractivity contribution is -0.123. The van der Waals surface area contributed by atoms with Gasteiger partial charge in [-0.1, -0.05) is 79.2 Å². The van der Waals surface area contributed by atoms with Crippen LogP contribution in [0.25, 0.3) is 0 Å². The van der Waals surface area contributed by atoms with Crippen molar-refractivity contribution in [3.05, 3.63) is 102 Å². The summed E-state index contributed by atoms with van der Waals surface area (Å²) in [5.74, 6) is -0.215. The smallest absolute Gasteiger partial charge is 0.408 e. The number of nitrogens with one attached hydrogen (secondary N) is 2. The summed E-state index contributed by atoms with van der Waals surface area (Å²) in [6.45, 7) is 3.45. The molecule has 1 unspecified atom stereocenters. The average Bonchev–Trinajstić information content (AvgIpc) is 2.98. The summed E-state index contributed by atoms with van der Waals surface area (Å²) in [6.07, 6.45) is 2.55. The zero-order chi connectivity index (χ0) is 28.7. The van der Waals surface area contributed by atoms with Gasteiger partial charge in [-0.25, -0.2) is 4.79 Å². The molecule has 0 aliphatic carbocycles. The van der Waals surface area contributed by atoms with Crippen molar-refractivity contribution in [2.24, 2.45) is 5.73 Å². The van der Waals surface area contributed by atoms with Crippen LogP contribution in [0.2, 0.25) is 0 Å². The Labute approximate surface area is 230 Å². The van der Waals surface area contributed by atoms with Crippen LogP contribution in [0.5, 0.6) is 0 Å². The van der Waals surface area contributed by atoms with Crippen molar-refractivity contribution >= 4 is 24.5 Å². The van der Waals surface area contributed by atoms with Crippen LogP contribution < -0.4 is 22.1 Å². The third kappa shape index (κ3) is 15.0. The first kappa shape index (κ1) is 32.8. The molecule has 9 nitrogen and oxygen atoms in total. The van der Waals surface area contributed by atoms with Gasteiger partial charge in [0.1, 0.15) is 19.4 Å². The molecule has 210 valence electrons. The van der Waals surface area contributed by atoms with Crippen molar-refractivity contribution in [1.82, 2.24) is 10.6 Å². The predicted molar refractivity (Wildman–Crippen MR) is 154 cm³/mol. The monoisotopic (exact) mass is 536 g/mol. The van der Waals surface area contributed by atoms with E-state index in [9.17, 15) is 9.59 Å². The van der Waals surface area contributed by atoms with E-state index >= 15 is 0 Å². The number of carbonyl (C=O) groups is 3. The van der Waals surface area contributed by atoms with E-state index in [1.165, 1.54) is 0 Å². The number of amides is 2. The molecule has 1 atom stereocenters. The topological polar surface area (TPSA) is 157 Å². The zero-order valence-electron chi connectivity index (χ0n) is 22.3. The molecule has 0 radical (unpaired) electrons. The molecule has 7 N–H and O–H groups in total. The number of aliphatic hydroxyl groups is 1. The maximum absolute atomic E-state index is 12.6. The summed E-state index contributed by atoms with van der Waals surface area (Å²) in [5, 5.41) is 14.2. The molecule has 0 saturated carbocycles. The maximum atomic E-state index is 12.6. The number of ether oxygens (including phenoxy) is 1. The fourth-order valence-corrected chi connectivity index (χ4v) is 3.37. The second kappa shape index (κ2) is 20.8. The summed E-state index contributed by atoms with van der Waals surface area (Å²) in [7, 11) is 0. The summed E-state index contributed by atoms with van der Waals surface area (Å²) in [4.78, 5) is 32.8. The molecule has 0 aliphatic rings. The molecule has 0 saturated heterocycles. The molecule has 3 aromatic carbocycles. The molecule has 2 amide bonds. The molecule has 0 fully saturated rings. The van der Waals surface area contributed by atoms with Gasteiger partial charge in [0.2, 0.25) is 5.91 Å². The first-order chi connectivity index (χ1) is 19.0. The molecule has 3 rings (SSSR count). The molecular formula is C30H40N4O5. The van der Waals surface area contributed by atoms with E-state index in [0.717, 1.165) is 41.6 Å². The van der Waals surface area contributed by atoms with Crippen molar-refractivity contribution in [2.75, 3.05) is 18.8 Å².